The molecule has 12 nitrogen and oxygen atoms in total. The number of nitro benzene ring substituents is 1. The number of carbonyl (C=O) groups is 2. The summed E-state index contributed by atoms with van der Waals surface area (Å²) in [5.41, 5.74) is 2.14. The van der Waals surface area contributed by atoms with Crippen molar-refractivity contribution in [1.29, 1.82) is 0 Å². The zero-order chi connectivity index (χ0) is 36.1. The van der Waals surface area contributed by atoms with Crippen molar-refractivity contribution in [2.75, 3.05) is 17.5 Å². The van der Waals surface area contributed by atoms with Gasteiger partial charge in [0.15, 0.2) is 8.32 Å². The van der Waals surface area contributed by atoms with Gasteiger partial charge in [0.05, 0.1) is 40.1 Å². The van der Waals surface area contributed by atoms with Gasteiger partial charge in [-0.3, -0.25) is 19.2 Å². The first kappa shape index (κ1) is 35.7. The number of aliphatic hydroxyl groups excluding tert-OH is 1. The van der Waals surface area contributed by atoms with Crippen LogP contribution in [0.25, 0.3) is 10.8 Å². The number of amides is 1. The van der Waals surface area contributed by atoms with Crippen LogP contribution in [-0.4, -0.2) is 68.8 Å². The maximum absolute atomic E-state index is 14.2. The first-order valence-electron chi connectivity index (χ1n) is 17.2. The first-order chi connectivity index (χ1) is 23.8. The van der Waals surface area contributed by atoms with Crippen molar-refractivity contribution >= 4 is 52.4 Å². The number of benzene rings is 3. The number of carbonyl (C=O) groups excluding carboxylic acids is 2. The van der Waals surface area contributed by atoms with E-state index >= 15 is 0 Å². The maximum atomic E-state index is 14.2. The summed E-state index contributed by atoms with van der Waals surface area (Å²) < 4.78 is 42.1. The number of esters is 1. The molecule has 266 valence electrons. The standard InChI is InChI=1S/C36H43N3O9SSi/c1-6-50(7-2,8-3)48-23(5)31-33-22(4)28(34(38(33)35(31)41)36(42)47-21-24-12-14-27(15-13-24)39(43)44)20-37-29-19-25(16-17-40)18-26-10-9-11-30(32(26)29)49(37,45)46/h9-15,18-19,22-23,31,33,40H,6-8,16-17,20-21H2,1-5H3/t22-,23+,31-,33+/m0/s1. The first-order valence-corrected chi connectivity index (χ1v) is 21.1. The second kappa shape index (κ2) is 13.5. The average molecular weight is 722 g/mol. The van der Waals surface area contributed by atoms with Crippen molar-refractivity contribution in [3.05, 3.63) is 87.1 Å². The molecular formula is C36H43N3O9SSi. The number of β-lactam (4-membered cyclic amide) rings is 1. The number of nitro groups is 1. The molecular weight excluding hydrogens is 679 g/mol. The number of aliphatic hydroxyl groups is 1. The van der Waals surface area contributed by atoms with Gasteiger partial charge in [-0.05, 0) is 77.8 Å². The minimum Gasteiger partial charge on any atom is -0.456 e. The molecule has 4 atom stereocenters. The molecule has 3 aromatic rings. The molecule has 0 spiro atoms. The van der Waals surface area contributed by atoms with Crippen LogP contribution >= 0.6 is 0 Å². The Morgan fingerprint density at radius 3 is 2.36 bits per heavy atom. The SMILES string of the molecule is CC[Si](CC)(CC)O[C@H](C)[C@@H]1C(=O)N2C(C(=O)OCc3ccc([N+](=O)[O-])cc3)=C(CN3c4cc(CCO)cc5cccc(c45)S3(=O)=O)[C@H](C)[C@H]12. The third kappa shape index (κ3) is 5.81. The van der Waals surface area contributed by atoms with Crippen LogP contribution in [0.2, 0.25) is 18.1 Å². The molecule has 1 N–H and O–H groups in total. The van der Waals surface area contributed by atoms with E-state index in [0.717, 1.165) is 29.1 Å². The van der Waals surface area contributed by atoms with E-state index in [2.05, 4.69) is 20.8 Å². The fourth-order valence-electron chi connectivity index (χ4n) is 7.92. The van der Waals surface area contributed by atoms with E-state index in [1.54, 1.807) is 18.2 Å². The lowest BCUT2D eigenvalue weighted by Crippen LogP contribution is -2.65. The molecule has 0 radical (unpaired) electrons. The van der Waals surface area contributed by atoms with Gasteiger partial charge in [0.1, 0.15) is 12.3 Å². The van der Waals surface area contributed by atoms with Gasteiger partial charge in [0, 0.05) is 30.0 Å². The Bertz CT molecular complexity index is 1990. The van der Waals surface area contributed by atoms with E-state index in [9.17, 15) is 33.2 Å². The molecule has 0 aromatic heterocycles. The molecule has 6 rings (SSSR count). The Kier molecular flexibility index (Phi) is 9.67. The highest BCUT2D eigenvalue weighted by Crippen LogP contribution is 2.51. The second-order valence-corrected chi connectivity index (χ2v) is 20.0. The number of sulfonamides is 1. The van der Waals surface area contributed by atoms with Crippen LogP contribution < -0.4 is 4.31 Å². The van der Waals surface area contributed by atoms with Crippen LogP contribution in [0.5, 0.6) is 0 Å². The van der Waals surface area contributed by atoms with Gasteiger partial charge in [-0.25, -0.2) is 13.2 Å². The maximum Gasteiger partial charge on any atom is 0.355 e. The Hall–Kier alpha value is -4.11. The molecule has 1 saturated heterocycles. The van der Waals surface area contributed by atoms with Crippen molar-refractivity contribution < 1.29 is 37.2 Å². The fourth-order valence-corrected chi connectivity index (χ4v) is 12.5. The number of hydrogen-bond acceptors (Lipinski definition) is 9. The average Bonchev–Trinajstić information content (AvgIpc) is 3.47. The lowest BCUT2D eigenvalue weighted by atomic mass is 9.77. The summed E-state index contributed by atoms with van der Waals surface area (Å²) in [6.07, 6.45) is -0.0634. The van der Waals surface area contributed by atoms with E-state index in [0.29, 0.717) is 28.6 Å². The van der Waals surface area contributed by atoms with Crippen LogP contribution in [0.3, 0.4) is 0 Å². The molecule has 14 heteroatoms. The van der Waals surface area contributed by atoms with Crippen molar-refractivity contribution in [2.45, 2.75) is 82.8 Å². The third-order valence-electron chi connectivity index (χ3n) is 10.9. The highest BCUT2D eigenvalue weighted by atomic mass is 32.2. The van der Waals surface area contributed by atoms with Crippen molar-refractivity contribution in [1.82, 2.24) is 4.90 Å². The minimum atomic E-state index is -4.04. The summed E-state index contributed by atoms with van der Waals surface area (Å²) in [6, 6.07) is 16.7. The minimum absolute atomic E-state index is 0.0248. The molecule has 1 amide bonds. The fraction of sp³-hybridized carbons (Fsp3) is 0.444. The van der Waals surface area contributed by atoms with Gasteiger partial charge >= 0.3 is 5.97 Å². The van der Waals surface area contributed by atoms with Crippen molar-refractivity contribution in [3.8, 4) is 0 Å². The Labute approximate surface area is 293 Å². The summed E-state index contributed by atoms with van der Waals surface area (Å²) in [4.78, 5) is 40.3. The quantitative estimate of drug-likeness (QED) is 0.0728. The molecule has 3 aliphatic heterocycles. The lowest BCUT2D eigenvalue weighted by molar-refractivity contribution is -0.384. The number of anilines is 1. The molecule has 1 fully saturated rings. The Morgan fingerprint density at radius 2 is 1.74 bits per heavy atom. The normalized spacial score (nSPS) is 21.4. The summed E-state index contributed by atoms with van der Waals surface area (Å²) in [7, 11) is -6.13. The van der Waals surface area contributed by atoms with E-state index in [1.807, 2.05) is 26.0 Å². The summed E-state index contributed by atoms with van der Waals surface area (Å²) >= 11 is 0. The van der Waals surface area contributed by atoms with Crippen LogP contribution in [0.1, 0.15) is 45.7 Å². The zero-order valence-corrected chi connectivity index (χ0v) is 30.7. The largest absolute Gasteiger partial charge is 0.456 e. The van der Waals surface area contributed by atoms with Gasteiger partial charge < -0.3 is 19.2 Å². The predicted molar refractivity (Wildman–Crippen MR) is 190 cm³/mol. The van der Waals surface area contributed by atoms with Gasteiger partial charge in [-0.1, -0.05) is 45.9 Å². The molecule has 3 heterocycles. The summed E-state index contributed by atoms with van der Waals surface area (Å²) in [6.45, 7) is 9.71. The number of hydrogen-bond donors (Lipinski definition) is 1. The monoisotopic (exact) mass is 721 g/mol. The predicted octanol–water partition coefficient (Wildman–Crippen LogP) is 5.68. The van der Waals surface area contributed by atoms with Crippen LogP contribution in [0.15, 0.2) is 70.8 Å². The van der Waals surface area contributed by atoms with Crippen LogP contribution in [0.4, 0.5) is 11.4 Å². The van der Waals surface area contributed by atoms with Crippen molar-refractivity contribution in [2.24, 2.45) is 11.8 Å². The molecule has 0 aliphatic carbocycles. The Morgan fingerprint density at radius 1 is 1.06 bits per heavy atom. The number of nitrogens with zero attached hydrogens (tertiary/aromatic N) is 3. The van der Waals surface area contributed by atoms with E-state index in [-0.39, 0.29) is 41.9 Å². The lowest BCUT2D eigenvalue weighted by Gasteiger charge is -2.49. The third-order valence-corrected chi connectivity index (χ3v) is 17.4. The zero-order valence-electron chi connectivity index (χ0n) is 28.9. The van der Waals surface area contributed by atoms with E-state index < -0.39 is 53.2 Å². The molecule has 0 saturated carbocycles. The van der Waals surface area contributed by atoms with Gasteiger partial charge in [0.2, 0.25) is 5.91 Å². The van der Waals surface area contributed by atoms with Gasteiger partial charge in [-0.2, -0.15) is 0 Å². The van der Waals surface area contributed by atoms with Gasteiger partial charge in [-0.15, -0.1) is 0 Å². The number of ether oxygens (including phenoxy) is 1. The summed E-state index contributed by atoms with van der Waals surface area (Å²) in [5, 5.41) is 22.1. The smallest absolute Gasteiger partial charge is 0.355 e. The number of non-ortho nitro benzene ring substituents is 1. The van der Waals surface area contributed by atoms with Crippen LogP contribution in [-0.2, 0) is 41.8 Å². The highest BCUT2D eigenvalue weighted by Gasteiger charge is 2.61. The van der Waals surface area contributed by atoms with E-state index in [4.69, 9.17) is 9.16 Å². The van der Waals surface area contributed by atoms with Crippen molar-refractivity contribution in [3.63, 3.8) is 0 Å². The van der Waals surface area contributed by atoms with Gasteiger partial charge in [0.25, 0.3) is 15.7 Å². The number of rotatable bonds is 14. The second-order valence-electron chi connectivity index (χ2n) is 13.4. The molecule has 3 aromatic carbocycles. The topological polar surface area (TPSA) is 157 Å². The number of fused-ring (bicyclic) bond motifs is 1. The highest BCUT2D eigenvalue weighted by molar-refractivity contribution is 7.93. The van der Waals surface area contributed by atoms with Crippen LogP contribution in [0, 0.1) is 22.0 Å². The van der Waals surface area contributed by atoms with E-state index in [1.165, 1.54) is 33.5 Å². The molecule has 0 unspecified atom stereocenters. The molecule has 50 heavy (non-hydrogen) atoms. The molecule has 3 aliphatic rings. The summed E-state index contributed by atoms with van der Waals surface area (Å²) in [5.74, 6) is -1.97. The Balaban J connectivity index is 1.38. The molecule has 0 bridgehead atoms.